The van der Waals surface area contributed by atoms with Crippen LogP contribution >= 0.6 is 11.8 Å². The summed E-state index contributed by atoms with van der Waals surface area (Å²) in [6.45, 7) is -2.71. The highest BCUT2D eigenvalue weighted by molar-refractivity contribution is 7.98. The van der Waals surface area contributed by atoms with Crippen molar-refractivity contribution in [1.29, 1.82) is 0 Å². The summed E-state index contributed by atoms with van der Waals surface area (Å²) in [6, 6.07) is 6.67. The van der Waals surface area contributed by atoms with Crippen LogP contribution in [0.3, 0.4) is 0 Å². The van der Waals surface area contributed by atoms with Gasteiger partial charge in [0.25, 0.3) is 0 Å². The van der Waals surface area contributed by atoms with Gasteiger partial charge in [-0.3, -0.25) is 0 Å². The number of hydrogen-bond donors (Lipinski definition) is 1. The molecule has 0 fully saturated rings. The van der Waals surface area contributed by atoms with E-state index in [1.54, 1.807) is 18.2 Å². The molecule has 0 radical (unpaired) electrons. The number of benzene rings is 1. The van der Waals surface area contributed by atoms with E-state index in [1.165, 1.54) is 17.8 Å². The second-order valence-corrected chi connectivity index (χ2v) is 3.87. The van der Waals surface area contributed by atoms with Gasteiger partial charge >= 0.3 is 6.61 Å². The van der Waals surface area contributed by atoms with E-state index < -0.39 is 6.61 Å². The molecule has 0 spiro atoms. The number of para-hydroxylation sites is 1. The van der Waals surface area contributed by atoms with E-state index in [0.29, 0.717) is 11.5 Å². The number of halogens is 2. The quantitative estimate of drug-likeness (QED) is 0.767. The lowest BCUT2D eigenvalue weighted by molar-refractivity contribution is -0.0503. The third-order valence-electron chi connectivity index (χ3n) is 1.68. The first-order valence-electron chi connectivity index (χ1n) is 4.45. The third kappa shape index (κ3) is 4.48. The molecule has 15 heavy (non-hydrogen) atoms. The number of rotatable bonds is 6. The molecule has 2 nitrogen and oxygen atoms in total. The zero-order valence-electron chi connectivity index (χ0n) is 8.03. The minimum absolute atomic E-state index is 0.0859. The number of ether oxygens (including phenoxy) is 1. The second-order valence-electron chi connectivity index (χ2n) is 2.76. The Kier molecular flexibility index (Phi) is 5.42. The van der Waals surface area contributed by atoms with Crippen LogP contribution in [0.25, 0.3) is 0 Å². The predicted molar refractivity (Wildman–Crippen MR) is 56.3 cm³/mol. The van der Waals surface area contributed by atoms with Crippen molar-refractivity contribution in [3.8, 4) is 5.75 Å². The van der Waals surface area contributed by atoms with Crippen LogP contribution in [0.2, 0.25) is 0 Å². The Bertz CT molecular complexity index is 295. The summed E-state index contributed by atoms with van der Waals surface area (Å²) in [6.07, 6.45) is 0. The first-order chi connectivity index (χ1) is 7.24. The Morgan fingerprint density at radius 3 is 2.73 bits per heavy atom. The molecule has 0 amide bonds. The van der Waals surface area contributed by atoms with Crippen molar-refractivity contribution in [2.75, 3.05) is 12.4 Å². The molecule has 0 atom stereocenters. The molecule has 5 heteroatoms. The molecular weight excluding hydrogens is 222 g/mol. The lowest BCUT2D eigenvalue weighted by atomic mass is 10.2. The van der Waals surface area contributed by atoms with Gasteiger partial charge in [-0.05, 0) is 6.07 Å². The first-order valence-corrected chi connectivity index (χ1v) is 5.61. The Morgan fingerprint density at radius 1 is 1.33 bits per heavy atom. The molecular formula is C10H12F2O2S. The first kappa shape index (κ1) is 12.3. The van der Waals surface area contributed by atoms with Gasteiger partial charge in [0.05, 0.1) is 6.61 Å². The summed E-state index contributed by atoms with van der Waals surface area (Å²) in [7, 11) is 0. The van der Waals surface area contributed by atoms with Gasteiger partial charge in [-0.1, -0.05) is 18.2 Å². The van der Waals surface area contributed by atoms with Crippen LogP contribution in [-0.2, 0) is 5.75 Å². The molecule has 1 aromatic carbocycles. The number of thioether (sulfide) groups is 1. The monoisotopic (exact) mass is 234 g/mol. The smallest absolute Gasteiger partial charge is 0.387 e. The van der Waals surface area contributed by atoms with Gasteiger partial charge in [-0.15, -0.1) is 0 Å². The fourth-order valence-corrected chi connectivity index (χ4v) is 1.81. The minimum atomic E-state index is -2.80. The third-order valence-corrected chi connectivity index (χ3v) is 2.67. The van der Waals surface area contributed by atoms with E-state index >= 15 is 0 Å². The molecule has 1 N–H and O–H groups in total. The number of hydrogen-bond acceptors (Lipinski definition) is 3. The normalized spacial score (nSPS) is 10.7. The molecule has 0 heterocycles. The Hall–Kier alpha value is -0.810. The number of aliphatic hydroxyl groups excluding tert-OH is 1. The van der Waals surface area contributed by atoms with E-state index in [4.69, 9.17) is 5.11 Å². The zero-order valence-corrected chi connectivity index (χ0v) is 8.84. The molecule has 0 saturated carbocycles. The maximum absolute atomic E-state index is 12.0. The van der Waals surface area contributed by atoms with Crippen molar-refractivity contribution in [3.63, 3.8) is 0 Å². The predicted octanol–water partition coefficient (Wildman–Crippen LogP) is 2.51. The maximum Gasteiger partial charge on any atom is 0.387 e. The average Bonchev–Trinajstić information content (AvgIpc) is 2.20. The number of aliphatic hydroxyl groups is 1. The van der Waals surface area contributed by atoms with Gasteiger partial charge in [0.15, 0.2) is 0 Å². The van der Waals surface area contributed by atoms with Gasteiger partial charge in [-0.25, -0.2) is 0 Å². The fraction of sp³-hybridized carbons (Fsp3) is 0.400. The fourth-order valence-electron chi connectivity index (χ4n) is 1.08. The lowest BCUT2D eigenvalue weighted by Gasteiger charge is -2.09. The van der Waals surface area contributed by atoms with Crippen LogP contribution < -0.4 is 4.74 Å². The summed E-state index contributed by atoms with van der Waals surface area (Å²) in [5, 5.41) is 8.59. The standard InChI is InChI=1S/C10H12F2O2S/c11-10(12)14-9-4-2-1-3-8(9)7-15-6-5-13/h1-4,10,13H,5-7H2. The largest absolute Gasteiger partial charge is 0.435 e. The van der Waals surface area contributed by atoms with Crippen LogP contribution in [0.5, 0.6) is 5.75 Å². The van der Waals surface area contributed by atoms with Gasteiger partial charge in [0.1, 0.15) is 5.75 Å². The van der Waals surface area contributed by atoms with E-state index in [0.717, 1.165) is 5.56 Å². The molecule has 0 saturated heterocycles. The van der Waals surface area contributed by atoms with Crippen LogP contribution in [0.15, 0.2) is 24.3 Å². The molecule has 1 rings (SSSR count). The van der Waals surface area contributed by atoms with Crippen LogP contribution in [0.4, 0.5) is 8.78 Å². The van der Waals surface area contributed by atoms with Crippen molar-refractivity contribution in [1.82, 2.24) is 0 Å². The molecule has 0 aliphatic heterocycles. The highest BCUT2D eigenvalue weighted by Gasteiger charge is 2.08. The molecule has 0 aliphatic rings. The molecule has 0 aromatic heterocycles. The van der Waals surface area contributed by atoms with Crippen molar-refractivity contribution >= 4 is 11.8 Å². The zero-order chi connectivity index (χ0) is 11.1. The average molecular weight is 234 g/mol. The van der Waals surface area contributed by atoms with Gasteiger partial charge in [-0.2, -0.15) is 20.5 Å². The topological polar surface area (TPSA) is 29.5 Å². The van der Waals surface area contributed by atoms with Crippen LogP contribution in [0.1, 0.15) is 5.56 Å². The maximum atomic E-state index is 12.0. The van der Waals surface area contributed by atoms with Crippen molar-refractivity contribution < 1.29 is 18.6 Å². The van der Waals surface area contributed by atoms with Crippen molar-refractivity contribution in [2.24, 2.45) is 0 Å². The van der Waals surface area contributed by atoms with Gasteiger partial charge in [0.2, 0.25) is 0 Å². The summed E-state index contributed by atoms with van der Waals surface area (Å²) in [4.78, 5) is 0. The molecule has 0 unspecified atom stereocenters. The van der Waals surface area contributed by atoms with E-state index in [2.05, 4.69) is 4.74 Å². The van der Waals surface area contributed by atoms with Crippen molar-refractivity contribution in [3.05, 3.63) is 29.8 Å². The highest BCUT2D eigenvalue weighted by atomic mass is 32.2. The molecule has 84 valence electrons. The SMILES string of the molecule is OCCSCc1ccccc1OC(F)F. The Labute approximate surface area is 91.3 Å². The van der Waals surface area contributed by atoms with Crippen molar-refractivity contribution in [2.45, 2.75) is 12.4 Å². The van der Waals surface area contributed by atoms with E-state index in [-0.39, 0.29) is 12.4 Å². The van der Waals surface area contributed by atoms with Crippen LogP contribution in [-0.4, -0.2) is 24.1 Å². The molecule has 0 bridgehead atoms. The summed E-state index contributed by atoms with van der Waals surface area (Å²) >= 11 is 1.47. The van der Waals surface area contributed by atoms with E-state index in [1.807, 2.05) is 0 Å². The number of alkyl halides is 2. The van der Waals surface area contributed by atoms with E-state index in [9.17, 15) is 8.78 Å². The van der Waals surface area contributed by atoms with Gasteiger partial charge < -0.3 is 9.84 Å². The highest BCUT2D eigenvalue weighted by Crippen LogP contribution is 2.24. The summed E-state index contributed by atoms with van der Waals surface area (Å²) < 4.78 is 28.4. The summed E-state index contributed by atoms with van der Waals surface area (Å²) in [5.74, 6) is 1.35. The Morgan fingerprint density at radius 2 is 2.07 bits per heavy atom. The minimum Gasteiger partial charge on any atom is -0.435 e. The second kappa shape index (κ2) is 6.63. The Balaban J connectivity index is 2.60. The van der Waals surface area contributed by atoms with Crippen LogP contribution in [0, 0.1) is 0 Å². The molecule has 0 aliphatic carbocycles. The summed E-state index contributed by atoms with van der Waals surface area (Å²) in [5.41, 5.74) is 0.719. The lowest BCUT2D eigenvalue weighted by Crippen LogP contribution is -2.04. The van der Waals surface area contributed by atoms with Gasteiger partial charge in [0, 0.05) is 17.1 Å². The molecule has 1 aromatic rings.